The number of hydrogen-bond acceptors (Lipinski definition) is 2. The summed E-state index contributed by atoms with van der Waals surface area (Å²) in [4.78, 5) is 12.6. The van der Waals surface area contributed by atoms with E-state index >= 15 is 0 Å². The van der Waals surface area contributed by atoms with E-state index < -0.39 is 29.5 Å². The van der Waals surface area contributed by atoms with Crippen molar-refractivity contribution in [3.63, 3.8) is 0 Å². The van der Waals surface area contributed by atoms with E-state index in [0.29, 0.717) is 12.1 Å². The van der Waals surface area contributed by atoms with Crippen LogP contribution in [0.1, 0.15) is 45.1 Å². The normalized spacial score (nSPS) is 12.7. The van der Waals surface area contributed by atoms with Gasteiger partial charge in [-0.1, -0.05) is 19.1 Å². The molecule has 0 unspecified atom stereocenters. The fourth-order valence-corrected chi connectivity index (χ4v) is 3.26. The number of benzene rings is 2. The summed E-state index contributed by atoms with van der Waals surface area (Å²) >= 11 is 0. The molecule has 3 N–H and O–H groups in total. The number of alkyl halides is 7. The lowest BCUT2D eigenvalue weighted by Crippen LogP contribution is -2.50. The van der Waals surface area contributed by atoms with Gasteiger partial charge in [0, 0.05) is 23.4 Å². The number of rotatable bonds is 5. The molecule has 2 aromatic rings. The standard InChI is InChI=1S/C21H21F7N2O/c1-4-13-9-16(19(22,20(23,24)25)21(26,27)28)8-12(3)17(13)30-18(31)14-5-6-15(10-29)11(2)7-14/h5-9H,4,10,29H2,1-3H3,(H,30,31). The van der Waals surface area contributed by atoms with E-state index in [9.17, 15) is 35.5 Å². The summed E-state index contributed by atoms with van der Waals surface area (Å²) in [5, 5.41) is 2.51. The smallest absolute Gasteiger partial charge is 0.326 e. The van der Waals surface area contributed by atoms with Gasteiger partial charge < -0.3 is 11.1 Å². The lowest BCUT2D eigenvalue weighted by molar-refractivity contribution is -0.348. The second-order valence-electron chi connectivity index (χ2n) is 7.13. The van der Waals surface area contributed by atoms with Gasteiger partial charge in [0.2, 0.25) is 0 Å². The van der Waals surface area contributed by atoms with Crippen LogP contribution in [0.2, 0.25) is 0 Å². The van der Waals surface area contributed by atoms with E-state index in [4.69, 9.17) is 5.73 Å². The molecule has 2 aromatic carbocycles. The van der Waals surface area contributed by atoms with E-state index in [1.807, 2.05) is 0 Å². The zero-order valence-electron chi connectivity index (χ0n) is 16.9. The van der Waals surface area contributed by atoms with Crippen LogP contribution in [-0.4, -0.2) is 18.3 Å². The maximum atomic E-state index is 14.5. The van der Waals surface area contributed by atoms with E-state index in [2.05, 4.69) is 5.32 Å². The molecule has 0 aliphatic rings. The van der Waals surface area contributed by atoms with Gasteiger partial charge in [0.25, 0.3) is 5.91 Å². The van der Waals surface area contributed by atoms with Crippen molar-refractivity contribution in [1.82, 2.24) is 0 Å². The zero-order valence-corrected chi connectivity index (χ0v) is 16.9. The van der Waals surface area contributed by atoms with Gasteiger partial charge >= 0.3 is 18.0 Å². The molecular formula is C21H21F7N2O. The molecule has 0 atom stereocenters. The van der Waals surface area contributed by atoms with Gasteiger partial charge in [0.15, 0.2) is 0 Å². The van der Waals surface area contributed by atoms with Crippen LogP contribution in [0.3, 0.4) is 0 Å². The molecule has 31 heavy (non-hydrogen) atoms. The molecule has 0 heterocycles. The first-order valence-corrected chi connectivity index (χ1v) is 9.24. The van der Waals surface area contributed by atoms with Crippen LogP contribution in [0.25, 0.3) is 0 Å². The molecule has 0 bridgehead atoms. The summed E-state index contributed by atoms with van der Waals surface area (Å²) in [5.41, 5.74) is 0.0837. The maximum Gasteiger partial charge on any atom is 0.435 e. The number of hydrogen-bond donors (Lipinski definition) is 2. The number of amides is 1. The number of carbonyl (C=O) groups is 1. The second-order valence-corrected chi connectivity index (χ2v) is 7.13. The average Bonchev–Trinajstić information content (AvgIpc) is 2.66. The summed E-state index contributed by atoms with van der Waals surface area (Å²) in [6, 6.07) is 5.66. The van der Waals surface area contributed by atoms with Crippen LogP contribution in [-0.2, 0) is 18.6 Å². The molecule has 0 spiro atoms. The van der Waals surface area contributed by atoms with Crippen molar-refractivity contribution in [2.24, 2.45) is 5.73 Å². The summed E-state index contributed by atoms with van der Waals surface area (Å²) in [6.07, 6.45) is -12.5. The van der Waals surface area contributed by atoms with Crippen LogP contribution in [0.5, 0.6) is 0 Å². The molecule has 10 heteroatoms. The lowest BCUT2D eigenvalue weighted by Gasteiger charge is -2.31. The first kappa shape index (κ1) is 24.6. The van der Waals surface area contributed by atoms with Crippen molar-refractivity contribution >= 4 is 11.6 Å². The molecule has 0 aromatic heterocycles. The first-order valence-electron chi connectivity index (χ1n) is 9.24. The maximum absolute atomic E-state index is 14.5. The Morgan fingerprint density at radius 1 is 0.903 bits per heavy atom. The number of nitrogens with one attached hydrogen (secondary N) is 1. The molecule has 0 fully saturated rings. The average molecular weight is 450 g/mol. The molecule has 0 saturated carbocycles. The van der Waals surface area contributed by atoms with Crippen LogP contribution in [0, 0.1) is 13.8 Å². The second kappa shape index (κ2) is 8.49. The molecule has 0 aliphatic carbocycles. The zero-order chi connectivity index (χ0) is 23.8. The Morgan fingerprint density at radius 2 is 1.48 bits per heavy atom. The van der Waals surface area contributed by atoms with Crippen LogP contribution in [0.15, 0.2) is 30.3 Å². The van der Waals surface area contributed by atoms with E-state index in [1.165, 1.54) is 19.9 Å². The number of carbonyl (C=O) groups excluding carboxylic acids is 1. The molecular weight excluding hydrogens is 429 g/mol. The van der Waals surface area contributed by atoms with Crippen molar-refractivity contribution in [3.05, 3.63) is 63.7 Å². The topological polar surface area (TPSA) is 55.1 Å². The Bertz CT molecular complexity index is 967. The molecule has 3 nitrogen and oxygen atoms in total. The van der Waals surface area contributed by atoms with Gasteiger partial charge in [-0.15, -0.1) is 0 Å². The highest BCUT2D eigenvalue weighted by Gasteiger charge is 2.73. The van der Waals surface area contributed by atoms with Crippen LogP contribution < -0.4 is 11.1 Å². The molecule has 0 aliphatic heterocycles. The van der Waals surface area contributed by atoms with Crippen molar-refractivity contribution in [2.45, 2.75) is 51.8 Å². The quantitative estimate of drug-likeness (QED) is 0.560. The number of halogens is 7. The van der Waals surface area contributed by atoms with Crippen molar-refractivity contribution in [2.75, 3.05) is 5.32 Å². The third-order valence-electron chi connectivity index (χ3n) is 5.04. The minimum absolute atomic E-state index is 0.0310. The molecule has 170 valence electrons. The fraction of sp³-hybridized carbons (Fsp3) is 0.381. The Kier molecular flexibility index (Phi) is 6.75. The summed E-state index contributed by atoms with van der Waals surface area (Å²) in [6.45, 7) is 4.67. The van der Waals surface area contributed by atoms with Gasteiger partial charge in [0.05, 0.1) is 0 Å². The molecule has 2 rings (SSSR count). The summed E-state index contributed by atoms with van der Waals surface area (Å²) < 4.78 is 93.1. The largest absolute Gasteiger partial charge is 0.435 e. The van der Waals surface area contributed by atoms with Crippen LogP contribution in [0.4, 0.5) is 36.4 Å². The molecule has 0 saturated heterocycles. The minimum atomic E-state index is -6.21. The van der Waals surface area contributed by atoms with E-state index in [-0.39, 0.29) is 35.3 Å². The van der Waals surface area contributed by atoms with Gasteiger partial charge in [-0.05, 0) is 60.7 Å². The van der Waals surface area contributed by atoms with Gasteiger partial charge in [-0.3, -0.25) is 4.79 Å². The highest BCUT2D eigenvalue weighted by Crippen LogP contribution is 2.53. The van der Waals surface area contributed by atoms with Crippen molar-refractivity contribution < 1.29 is 35.5 Å². The third kappa shape index (κ3) is 4.53. The highest BCUT2D eigenvalue weighted by molar-refractivity contribution is 6.05. The van der Waals surface area contributed by atoms with Gasteiger partial charge in [-0.2, -0.15) is 26.3 Å². The van der Waals surface area contributed by atoms with Crippen LogP contribution >= 0.6 is 0 Å². The Labute approximate surface area is 174 Å². The first-order chi connectivity index (χ1) is 14.2. The minimum Gasteiger partial charge on any atom is -0.326 e. The summed E-state index contributed by atoms with van der Waals surface area (Å²) in [5.74, 6) is -0.615. The number of nitrogens with two attached hydrogens (primary N) is 1. The number of aryl methyl sites for hydroxylation is 3. The third-order valence-corrected chi connectivity index (χ3v) is 5.04. The number of anilines is 1. The Morgan fingerprint density at radius 3 is 1.94 bits per heavy atom. The van der Waals surface area contributed by atoms with Crippen molar-refractivity contribution in [3.8, 4) is 0 Å². The SMILES string of the molecule is CCc1cc(C(F)(C(F)(F)F)C(F)(F)F)cc(C)c1NC(=O)c1ccc(CN)c(C)c1. The fourth-order valence-electron chi connectivity index (χ4n) is 3.26. The Hall–Kier alpha value is -2.62. The summed E-state index contributed by atoms with van der Waals surface area (Å²) in [7, 11) is 0. The predicted molar refractivity (Wildman–Crippen MR) is 102 cm³/mol. The van der Waals surface area contributed by atoms with E-state index in [1.54, 1.807) is 19.1 Å². The van der Waals surface area contributed by atoms with Gasteiger partial charge in [-0.25, -0.2) is 4.39 Å². The van der Waals surface area contributed by atoms with Gasteiger partial charge in [0.1, 0.15) is 0 Å². The molecule has 0 radical (unpaired) electrons. The monoisotopic (exact) mass is 450 g/mol. The highest BCUT2D eigenvalue weighted by atomic mass is 19.4. The molecule has 1 amide bonds. The lowest BCUT2D eigenvalue weighted by atomic mass is 9.89. The van der Waals surface area contributed by atoms with E-state index in [0.717, 1.165) is 11.1 Å². The Balaban J connectivity index is 2.53. The predicted octanol–water partition coefficient (Wildman–Crippen LogP) is 5.87. The van der Waals surface area contributed by atoms with Crippen molar-refractivity contribution in [1.29, 1.82) is 0 Å².